The van der Waals surface area contributed by atoms with E-state index in [0.29, 0.717) is 67.9 Å². The number of amides is 2. The summed E-state index contributed by atoms with van der Waals surface area (Å²) in [5.41, 5.74) is 1.44. The van der Waals surface area contributed by atoms with Crippen LogP contribution in [-0.2, 0) is 11.2 Å². The zero-order chi connectivity index (χ0) is 21.2. The summed E-state index contributed by atoms with van der Waals surface area (Å²) in [5.74, 6) is 2.10. The van der Waals surface area contributed by atoms with Gasteiger partial charge >= 0.3 is 0 Å². The fourth-order valence-electron chi connectivity index (χ4n) is 3.60. The lowest BCUT2D eigenvalue weighted by molar-refractivity contribution is -0.132. The molecular weight excluding hydrogens is 420 g/mol. The molecule has 5 rings (SSSR count). The van der Waals surface area contributed by atoms with Crippen LogP contribution in [0, 0.1) is 0 Å². The van der Waals surface area contributed by atoms with Crippen LogP contribution in [0.2, 0.25) is 0 Å². The predicted molar refractivity (Wildman–Crippen MR) is 111 cm³/mol. The van der Waals surface area contributed by atoms with E-state index in [4.69, 9.17) is 13.9 Å². The molecule has 0 aliphatic carbocycles. The zero-order valence-corrected chi connectivity index (χ0v) is 17.5. The summed E-state index contributed by atoms with van der Waals surface area (Å²) in [7, 11) is 0. The molecule has 10 heteroatoms. The summed E-state index contributed by atoms with van der Waals surface area (Å²) in [6.45, 7) is 2.15. The second-order valence-corrected chi connectivity index (χ2v) is 8.03. The topological polar surface area (TPSA) is 98.0 Å². The molecule has 0 bridgehead atoms. The number of benzene rings is 1. The molecule has 3 aromatic rings. The van der Waals surface area contributed by atoms with Crippen LogP contribution in [0.5, 0.6) is 11.5 Å². The highest BCUT2D eigenvalue weighted by atomic mass is 32.1. The molecule has 1 aromatic carbocycles. The summed E-state index contributed by atoms with van der Waals surface area (Å²) >= 11 is 1.56. The predicted octanol–water partition coefficient (Wildman–Crippen LogP) is 2.44. The number of carbonyl (C=O) groups is 2. The Morgan fingerprint density at radius 3 is 2.61 bits per heavy atom. The number of hydrogen-bond donors (Lipinski definition) is 0. The average Bonchev–Trinajstić information content (AvgIpc) is 3.57. The van der Waals surface area contributed by atoms with Gasteiger partial charge < -0.3 is 23.7 Å². The van der Waals surface area contributed by atoms with E-state index in [1.54, 1.807) is 39.3 Å². The van der Waals surface area contributed by atoms with Gasteiger partial charge in [-0.3, -0.25) is 9.59 Å². The minimum absolute atomic E-state index is 0.0189. The van der Waals surface area contributed by atoms with Crippen LogP contribution in [0.1, 0.15) is 22.7 Å². The summed E-state index contributed by atoms with van der Waals surface area (Å²) < 4.78 is 16.3. The first-order valence-electron chi connectivity index (χ1n) is 9.99. The van der Waals surface area contributed by atoms with Crippen LogP contribution < -0.4 is 9.47 Å². The molecule has 0 radical (unpaired) electrons. The van der Waals surface area contributed by atoms with Crippen molar-refractivity contribution in [1.82, 2.24) is 20.0 Å². The summed E-state index contributed by atoms with van der Waals surface area (Å²) in [5, 5.41) is 11.9. The molecular formula is C21H20N4O5S. The fourth-order valence-corrected chi connectivity index (χ4v) is 4.23. The Morgan fingerprint density at radius 2 is 1.81 bits per heavy atom. The van der Waals surface area contributed by atoms with Gasteiger partial charge in [0.2, 0.25) is 24.5 Å². The molecule has 0 saturated carbocycles. The molecule has 4 heterocycles. The molecule has 2 amide bonds. The normalized spacial score (nSPS) is 15.4. The van der Waals surface area contributed by atoms with Gasteiger partial charge in [-0.1, -0.05) is 0 Å². The Hall–Kier alpha value is -3.40. The summed E-state index contributed by atoms with van der Waals surface area (Å²) in [6.07, 6.45) is 0.688. The van der Waals surface area contributed by atoms with Crippen molar-refractivity contribution in [3.63, 3.8) is 0 Å². The number of thiophene rings is 1. The fraction of sp³-hybridized carbons (Fsp3) is 0.333. The minimum Gasteiger partial charge on any atom is -0.454 e. The third-order valence-corrected chi connectivity index (χ3v) is 6.01. The van der Waals surface area contributed by atoms with Gasteiger partial charge in [-0.05, 0) is 29.6 Å². The van der Waals surface area contributed by atoms with Crippen LogP contribution in [0.3, 0.4) is 0 Å². The van der Waals surface area contributed by atoms with Crippen molar-refractivity contribution in [3.05, 3.63) is 46.5 Å². The number of aromatic nitrogens is 2. The number of nitrogens with zero attached hydrogens (tertiary/aromatic N) is 4. The van der Waals surface area contributed by atoms with E-state index in [2.05, 4.69) is 10.2 Å². The van der Waals surface area contributed by atoms with Crippen molar-refractivity contribution in [2.24, 2.45) is 0 Å². The maximum Gasteiger partial charge on any atom is 0.254 e. The maximum atomic E-state index is 12.8. The van der Waals surface area contributed by atoms with Gasteiger partial charge in [0, 0.05) is 55.5 Å². The maximum absolute atomic E-state index is 12.8. The van der Waals surface area contributed by atoms with Crippen molar-refractivity contribution >= 4 is 23.2 Å². The van der Waals surface area contributed by atoms with E-state index in [1.165, 1.54) is 0 Å². The molecule has 0 spiro atoms. The molecule has 160 valence electrons. The first kappa shape index (κ1) is 19.6. The van der Waals surface area contributed by atoms with E-state index in [1.807, 2.05) is 16.8 Å². The second-order valence-electron chi connectivity index (χ2n) is 7.25. The minimum atomic E-state index is -0.0720. The van der Waals surface area contributed by atoms with Crippen molar-refractivity contribution in [2.45, 2.75) is 12.8 Å². The third-order valence-electron chi connectivity index (χ3n) is 5.33. The Bertz CT molecular complexity index is 1090. The van der Waals surface area contributed by atoms with Crippen molar-refractivity contribution < 1.29 is 23.5 Å². The molecule has 9 nitrogen and oxygen atoms in total. The van der Waals surface area contributed by atoms with E-state index in [-0.39, 0.29) is 18.6 Å². The average molecular weight is 440 g/mol. The van der Waals surface area contributed by atoms with E-state index in [0.717, 1.165) is 5.56 Å². The number of aryl methyl sites for hydroxylation is 1. The first-order chi connectivity index (χ1) is 15.2. The van der Waals surface area contributed by atoms with Crippen LogP contribution in [0.15, 0.2) is 39.4 Å². The van der Waals surface area contributed by atoms with Gasteiger partial charge in [0.1, 0.15) is 0 Å². The van der Waals surface area contributed by atoms with Crippen LogP contribution in [0.25, 0.3) is 11.5 Å². The van der Waals surface area contributed by atoms with E-state index < -0.39 is 0 Å². The SMILES string of the molecule is O=C(CCc1nnc(-c2ccsc2)o1)N1CCN(C(=O)c2ccc3c(c2)OCO3)CC1. The summed E-state index contributed by atoms with van der Waals surface area (Å²) in [4.78, 5) is 28.9. The lowest BCUT2D eigenvalue weighted by atomic mass is 10.1. The first-order valence-corrected chi connectivity index (χ1v) is 10.9. The van der Waals surface area contributed by atoms with Gasteiger partial charge in [-0.15, -0.1) is 10.2 Å². The molecule has 1 fully saturated rings. The van der Waals surface area contributed by atoms with E-state index in [9.17, 15) is 9.59 Å². The van der Waals surface area contributed by atoms with Gasteiger partial charge in [-0.25, -0.2) is 0 Å². The Morgan fingerprint density at radius 1 is 1.00 bits per heavy atom. The van der Waals surface area contributed by atoms with Crippen molar-refractivity contribution in [2.75, 3.05) is 33.0 Å². The summed E-state index contributed by atoms with van der Waals surface area (Å²) in [6, 6.07) is 7.10. The number of ether oxygens (including phenoxy) is 2. The van der Waals surface area contributed by atoms with Crippen molar-refractivity contribution in [3.8, 4) is 23.0 Å². The van der Waals surface area contributed by atoms with Crippen LogP contribution >= 0.6 is 11.3 Å². The Kier molecular flexibility index (Phi) is 5.29. The number of piperazine rings is 1. The highest BCUT2D eigenvalue weighted by molar-refractivity contribution is 7.08. The monoisotopic (exact) mass is 440 g/mol. The molecule has 2 aliphatic heterocycles. The van der Waals surface area contributed by atoms with E-state index >= 15 is 0 Å². The second kappa shape index (κ2) is 8.38. The molecule has 0 N–H and O–H groups in total. The van der Waals surface area contributed by atoms with Gasteiger partial charge in [0.05, 0.1) is 0 Å². The van der Waals surface area contributed by atoms with Gasteiger partial charge in [0.25, 0.3) is 5.91 Å². The lowest BCUT2D eigenvalue weighted by Crippen LogP contribution is -2.50. The molecule has 0 atom stereocenters. The Labute approximate surface area is 182 Å². The molecule has 1 saturated heterocycles. The number of rotatable bonds is 5. The van der Waals surface area contributed by atoms with Crippen LogP contribution in [-0.4, -0.2) is 64.8 Å². The molecule has 0 unspecified atom stereocenters. The number of hydrogen-bond acceptors (Lipinski definition) is 8. The van der Waals surface area contributed by atoms with Crippen LogP contribution in [0.4, 0.5) is 0 Å². The lowest BCUT2D eigenvalue weighted by Gasteiger charge is -2.34. The highest BCUT2D eigenvalue weighted by Gasteiger charge is 2.26. The number of carbonyl (C=O) groups excluding carboxylic acids is 2. The molecule has 2 aliphatic rings. The van der Waals surface area contributed by atoms with Gasteiger partial charge in [-0.2, -0.15) is 11.3 Å². The zero-order valence-electron chi connectivity index (χ0n) is 16.7. The smallest absolute Gasteiger partial charge is 0.254 e. The third kappa shape index (κ3) is 4.11. The van der Waals surface area contributed by atoms with Gasteiger partial charge in [0.15, 0.2) is 11.5 Å². The molecule has 2 aromatic heterocycles. The number of fused-ring (bicyclic) bond motifs is 1. The highest BCUT2D eigenvalue weighted by Crippen LogP contribution is 2.33. The largest absolute Gasteiger partial charge is 0.454 e. The Balaban J connectivity index is 1.12. The van der Waals surface area contributed by atoms with Crippen molar-refractivity contribution in [1.29, 1.82) is 0 Å². The molecule has 31 heavy (non-hydrogen) atoms. The quantitative estimate of drug-likeness (QED) is 0.601. The standard InChI is InChI=1S/C21H20N4O5S/c26-19(4-3-18-22-23-20(30-18)15-5-10-31-12-15)24-6-8-25(9-7-24)21(27)14-1-2-16-17(11-14)29-13-28-16/h1-2,5,10-12H,3-4,6-9,13H2.